The molecule has 0 aliphatic rings. The maximum Gasteiger partial charge on any atom is 0.145 e. The minimum atomic E-state index is 0.684. The zero-order valence-corrected chi connectivity index (χ0v) is 12.3. The SMILES string of the molecule is CCCCCCNCCOc1cccc2cccnc12. The molecular weight excluding hydrogens is 248 g/mol. The Morgan fingerprint density at radius 1 is 1.05 bits per heavy atom. The fourth-order valence-electron chi connectivity index (χ4n) is 2.23. The lowest BCUT2D eigenvalue weighted by molar-refractivity contribution is 0.316. The average molecular weight is 272 g/mol. The van der Waals surface area contributed by atoms with Crippen LogP contribution in [0.15, 0.2) is 36.5 Å². The van der Waals surface area contributed by atoms with Gasteiger partial charge in [0.1, 0.15) is 17.9 Å². The molecule has 0 bridgehead atoms. The van der Waals surface area contributed by atoms with Crippen LogP contribution in [-0.2, 0) is 0 Å². The highest BCUT2D eigenvalue weighted by molar-refractivity contribution is 5.84. The predicted molar refractivity (Wildman–Crippen MR) is 84.2 cm³/mol. The number of hydrogen-bond acceptors (Lipinski definition) is 3. The lowest BCUT2D eigenvalue weighted by Gasteiger charge is -2.09. The summed E-state index contributed by atoms with van der Waals surface area (Å²) in [6.45, 7) is 4.88. The molecule has 0 fully saturated rings. The highest BCUT2D eigenvalue weighted by Crippen LogP contribution is 2.22. The van der Waals surface area contributed by atoms with E-state index in [-0.39, 0.29) is 0 Å². The Morgan fingerprint density at radius 2 is 1.95 bits per heavy atom. The van der Waals surface area contributed by atoms with Gasteiger partial charge in [-0.2, -0.15) is 0 Å². The Labute approximate surface area is 121 Å². The number of nitrogens with one attached hydrogen (secondary N) is 1. The normalized spacial score (nSPS) is 10.8. The quantitative estimate of drug-likeness (QED) is 0.705. The molecule has 3 nitrogen and oxygen atoms in total. The number of nitrogens with zero attached hydrogens (tertiary/aromatic N) is 1. The van der Waals surface area contributed by atoms with Crippen LogP contribution in [0.4, 0.5) is 0 Å². The van der Waals surface area contributed by atoms with Gasteiger partial charge < -0.3 is 10.1 Å². The van der Waals surface area contributed by atoms with Crippen LogP contribution in [0.25, 0.3) is 10.9 Å². The first-order valence-corrected chi connectivity index (χ1v) is 7.59. The number of benzene rings is 1. The summed E-state index contributed by atoms with van der Waals surface area (Å²) in [7, 11) is 0. The van der Waals surface area contributed by atoms with E-state index < -0.39 is 0 Å². The van der Waals surface area contributed by atoms with Crippen molar-refractivity contribution in [2.75, 3.05) is 19.7 Å². The molecule has 2 rings (SSSR count). The summed E-state index contributed by atoms with van der Waals surface area (Å²) in [6.07, 6.45) is 7.00. The number of para-hydroxylation sites is 1. The molecule has 3 heteroatoms. The Bertz CT molecular complexity index is 508. The van der Waals surface area contributed by atoms with E-state index in [4.69, 9.17) is 4.74 Å². The van der Waals surface area contributed by atoms with Crippen molar-refractivity contribution in [1.82, 2.24) is 10.3 Å². The fraction of sp³-hybridized carbons (Fsp3) is 0.471. The molecular formula is C17H24N2O. The van der Waals surface area contributed by atoms with Crippen LogP contribution >= 0.6 is 0 Å². The molecule has 1 aromatic carbocycles. The molecule has 0 radical (unpaired) electrons. The van der Waals surface area contributed by atoms with Gasteiger partial charge in [-0.25, -0.2) is 0 Å². The van der Waals surface area contributed by atoms with Crippen LogP contribution in [-0.4, -0.2) is 24.7 Å². The van der Waals surface area contributed by atoms with Crippen LogP contribution < -0.4 is 10.1 Å². The van der Waals surface area contributed by atoms with Crippen LogP contribution in [0.2, 0.25) is 0 Å². The average Bonchev–Trinajstić information content (AvgIpc) is 2.50. The lowest BCUT2D eigenvalue weighted by Crippen LogP contribution is -2.22. The van der Waals surface area contributed by atoms with Crippen molar-refractivity contribution in [3.63, 3.8) is 0 Å². The van der Waals surface area contributed by atoms with Crippen molar-refractivity contribution in [2.45, 2.75) is 32.6 Å². The molecule has 0 atom stereocenters. The molecule has 0 spiro atoms. The lowest BCUT2D eigenvalue weighted by atomic mass is 10.2. The molecule has 1 heterocycles. The van der Waals surface area contributed by atoms with Gasteiger partial charge in [0.15, 0.2) is 0 Å². The highest BCUT2D eigenvalue weighted by atomic mass is 16.5. The first kappa shape index (κ1) is 14.8. The van der Waals surface area contributed by atoms with Crippen molar-refractivity contribution in [1.29, 1.82) is 0 Å². The minimum absolute atomic E-state index is 0.684. The van der Waals surface area contributed by atoms with Gasteiger partial charge in [-0.3, -0.25) is 4.98 Å². The monoisotopic (exact) mass is 272 g/mol. The van der Waals surface area contributed by atoms with E-state index >= 15 is 0 Å². The summed E-state index contributed by atoms with van der Waals surface area (Å²) in [4.78, 5) is 4.38. The second kappa shape index (κ2) is 8.54. The first-order chi connectivity index (χ1) is 9.92. The summed E-state index contributed by atoms with van der Waals surface area (Å²) < 4.78 is 5.82. The number of fused-ring (bicyclic) bond motifs is 1. The second-order valence-corrected chi connectivity index (χ2v) is 4.99. The number of rotatable bonds is 9. The standard InChI is InChI=1S/C17H24N2O/c1-2-3-4-5-11-18-13-14-20-16-10-6-8-15-9-7-12-19-17(15)16/h6-10,12,18H,2-5,11,13-14H2,1H3. The molecule has 0 saturated heterocycles. The Balaban J connectivity index is 1.71. The molecule has 1 N–H and O–H groups in total. The molecule has 1 aromatic heterocycles. The maximum absolute atomic E-state index is 5.82. The summed E-state index contributed by atoms with van der Waals surface area (Å²) in [5.74, 6) is 0.871. The third-order valence-electron chi connectivity index (χ3n) is 3.34. The second-order valence-electron chi connectivity index (χ2n) is 4.99. The van der Waals surface area contributed by atoms with E-state index in [0.29, 0.717) is 6.61 Å². The molecule has 0 aliphatic heterocycles. The van der Waals surface area contributed by atoms with Crippen molar-refractivity contribution in [2.24, 2.45) is 0 Å². The molecule has 20 heavy (non-hydrogen) atoms. The van der Waals surface area contributed by atoms with Gasteiger partial charge in [0.2, 0.25) is 0 Å². The third-order valence-corrected chi connectivity index (χ3v) is 3.34. The van der Waals surface area contributed by atoms with E-state index in [1.54, 1.807) is 6.20 Å². The molecule has 0 saturated carbocycles. The van der Waals surface area contributed by atoms with Crippen LogP contribution in [0.1, 0.15) is 32.6 Å². The van der Waals surface area contributed by atoms with Gasteiger partial charge in [0, 0.05) is 18.1 Å². The topological polar surface area (TPSA) is 34.1 Å². The largest absolute Gasteiger partial charge is 0.490 e. The number of ether oxygens (including phenoxy) is 1. The zero-order valence-electron chi connectivity index (χ0n) is 12.3. The van der Waals surface area contributed by atoms with Crippen molar-refractivity contribution >= 4 is 10.9 Å². The molecule has 0 unspecified atom stereocenters. The van der Waals surface area contributed by atoms with Gasteiger partial charge in [0.05, 0.1) is 0 Å². The van der Waals surface area contributed by atoms with E-state index in [1.165, 1.54) is 25.7 Å². The van der Waals surface area contributed by atoms with E-state index in [2.05, 4.69) is 29.4 Å². The number of pyridine rings is 1. The van der Waals surface area contributed by atoms with Crippen molar-refractivity contribution in [3.05, 3.63) is 36.5 Å². The zero-order chi connectivity index (χ0) is 14.0. The minimum Gasteiger partial charge on any atom is -0.490 e. The summed E-state index contributed by atoms with van der Waals surface area (Å²) in [6, 6.07) is 10.1. The number of unbranched alkanes of at least 4 members (excludes halogenated alkanes) is 3. The van der Waals surface area contributed by atoms with E-state index in [9.17, 15) is 0 Å². The van der Waals surface area contributed by atoms with Gasteiger partial charge in [0.25, 0.3) is 0 Å². The van der Waals surface area contributed by atoms with Crippen LogP contribution in [0, 0.1) is 0 Å². The third kappa shape index (κ3) is 4.49. The summed E-state index contributed by atoms with van der Waals surface area (Å²) in [5, 5.41) is 4.54. The van der Waals surface area contributed by atoms with Crippen molar-refractivity contribution < 1.29 is 4.74 Å². The predicted octanol–water partition coefficient (Wildman–Crippen LogP) is 3.78. The van der Waals surface area contributed by atoms with E-state index in [0.717, 1.165) is 29.7 Å². The smallest absolute Gasteiger partial charge is 0.145 e. The Morgan fingerprint density at radius 3 is 2.85 bits per heavy atom. The van der Waals surface area contributed by atoms with Crippen LogP contribution in [0.3, 0.4) is 0 Å². The Kier molecular flexibility index (Phi) is 6.32. The maximum atomic E-state index is 5.82. The molecule has 0 aliphatic carbocycles. The van der Waals surface area contributed by atoms with Gasteiger partial charge in [-0.1, -0.05) is 44.4 Å². The van der Waals surface area contributed by atoms with Gasteiger partial charge in [-0.15, -0.1) is 0 Å². The number of hydrogen-bond donors (Lipinski definition) is 1. The van der Waals surface area contributed by atoms with Crippen LogP contribution in [0.5, 0.6) is 5.75 Å². The Hall–Kier alpha value is -1.61. The number of aromatic nitrogens is 1. The van der Waals surface area contributed by atoms with Crippen molar-refractivity contribution in [3.8, 4) is 5.75 Å². The van der Waals surface area contributed by atoms with Gasteiger partial charge >= 0.3 is 0 Å². The van der Waals surface area contributed by atoms with Gasteiger partial charge in [-0.05, 0) is 25.1 Å². The molecule has 2 aromatic rings. The molecule has 108 valence electrons. The van der Waals surface area contributed by atoms with E-state index in [1.807, 2.05) is 18.2 Å². The summed E-state index contributed by atoms with van der Waals surface area (Å²) >= 11 is 0. The first-order valence-electron chi connectivity index (χ1n) is 7.59. The summed E-state index contributed by atoms with van der Waals surface area (Å²) in [5.41, 5.74) is 0.943. The highest BCUT2D eigenvalue weighted by Gasteiger charge is 2.01. The molecule has 0 amide bonds. The fourth-order valence-corrected chi connectivity index (χ4v) is 2.23.